The highest BCUT2D eigenvalue weighted by Crippen LogP contribution is 2.31. The molecular formula is C16H18N4O2S. The monoisotopic (exact) mass is 330 g/mol. The van der Waals surface area contributed by atoms with E-state index < -0.39 is 0 Å². The van der Waals surface area contributed by atoms with Crippen LogP contribution in [0.5, 0.6) is 0 Å². The molecule has 3 aromatic rings. The number of nitrogens with zero attached hydrogens (tertiary/aromatic N) is 3. The van der Waals surface area contributed by atoms with Gasteiger partial charge in [-0.25, -0.2) is 9.67 Å². The van der Waals surface area contributed by atoms with E-state index in [2.05, 4.69) is 15.4 Å². The fourth-order valence-corrected chi connectivity index (χ4v) is 3.47. The van der Waals surface area contributed by atoms with Gasteiger partial charge in [-0.2, -0.15) is 5.10 Å². The van der Waals surface area contributed by atoms with Crippen LogP contribution in [0.2, 0.25) is 0 Å². The van der Waals surface area contributed by atoms with Crippen LogP contribution in [0.1, 0.15) is 23.7 Å². The number of hydrogen-bond acceptors (Lipinski definition) is 6. The molecule has 0 fully saturated rings. The highest BCUT2D eigenvalue weighted by atomic mass is 32.1. The van der Waals surface area contributed by atoms with Gasteiger partial charge >= 0.3 is 5.97 Å². The van der Waals surface area contributed by atoms with Gasteiger partial charge in [0, 0.05) is 7.05 Å². The first kappa shape index (κ1) is 15.5. The molecule has 2 aromatic heterocycles. The minimum Gasteiger partial charge on any atom is -0.469 e. The summed E-state index contributed by atoms with van der Waals surface area (Å²) in [6, 6.07) is 9.64. The fourth-order valence-electron chi connectivity index (χ4n) is 2.48. The quantitative estimate of drug-likeness (QED) is 0.728. The summed E-state index contributed by atoms with van der Waals surface area (Å²) >= 11 is 1.54. The van der Waals surface area contributed by atoms with Crippen molar-refractivity contribution in [2.75, 3.05) is 12.4 Å². The lowest BCUT2D eigenvalue weighted by Gasteiger charge is -2.17. The van der Waals surface area contributed by atoms with E-state index >= 15 is 0 Å². The molecule has 3 rings (SSSR count). The normalized spacial score (nSPS) is 12.3. The number of ether oxygens (including phenoxy) is 1. The molecule has 7 heteroatoms. The summed E-state index contributed by atoms with van der Waals surface area (Å²) in [5.41, 5.74) is 2.82. The first-order valence-corrected chi connectivity index (χ1v) is 8.08. The van der Waals surface area contributed by atoms with E-state index in [1.54, 1.807) is 16.0 Å². The molecule has 6 nitrogen and oxygen atoms in total. The van der Waals surface area contributed by atoms with Gasteiger partial charge in [0.15, 0.2) is 10.8 Å². The Kier molecular flexibility index (Phi) is 4.29. The molecular weight excluding hydrogens is 312 g/mol. The molecule has 1 aromatic carbocycles. The lowest BCUT2D eigenvalue weighted by atomic mass is 10.0. The number of aryl methyl sites for hydroxylation is 2. The second kappa shape index (κ2) is 6.37. The minimum absolute atomic E-state index is 0.183. The first-order chi connectivity index (χ1) is 11.1. The first-order valence-electron chi connectivity index (χ1n) is 7.27. The van der Waals surface area contributed by atoms with Crippen molar-refractivity contribution < 1.29 is 9.53 Å². The predicted octanol–water partition coefficient (Wildman–Crippen LogP) is 3.05. The molecule has 0 saturated heterocycles. The van der Waals surface area contributed by atoms with E-state index in [1.807, 2.05) is 44.3 Å². The van der Waals surface area contributed by atoms with Crippen LogP contribution in [0.4, 0.5) is 5.13 Å². The van der Waals surface area contributed by atoms with Crippen LogP contribution in [0.3, 0.4) is 0 Å². The summed E-state index contributed by atoms with van der Waals surface area (Å²) in [4.78, 5) is 16.3. The number of thiazole rings is 1. The number of rotatable bonds is 5. The van der Waals surface area contributed by atoms with Crippen LogP contribution in [-0.2, 0) is 16.6 Å². The van der Waals surface area contributed by atoms with Crippen LogP contribution < -0.4 is 5.32 Å². The Morgan fingerprint density at radius 2 is 2.13 bits per heavy atom. The Balaban J connectivity index is 1.90. The Bertz CT molecular complexity index is 791. The summed E-state index contributed by atoms with van der Waals surface area (Å²) in [5.74, 6) is -0.259. The number of anilines is 1. The number of benzene rings is 1. The molecule has 0 saturated carbocycles. The molecule has 2 heterocycles. The highest BCUT2D eigenvalue weighted by molar-refractivity contribution is 7.22. The largest absolute Gasteiger partial charge is 0.469 e. The van der Waals surface area contributed by atoms with Crippen LogP contribution in [-0.4, -0.2) is 27.8 Å². The van der Waals surface area contributed by atoms with Gasteiger partial charge < -0.3 is 10.1 Å². The molecule has 0 bridgehead atoms. The number of carbonyl (C=O) groups is 1. The molecule has 1 atom stereocenters. The zero-order valence-corrected chi connectivity index (χ0v) is 14.1. The summed E-state index contributed by atoms with van der Waals surface area (Å²) in [5, 5.41) is 8.48. The SMILES string of the molecule is COC(=O)CC(Nc1nc2c(s1)c(C)nn2C)c1ccccc1. The third kappa shape index (κ3) is 3.19. The van der Waals surface area contributed by atoms with E-state index in [0.29, 0.717) is 0 Å². The average molecular weight is 330 g/mol. The zero-order valence-electron chi connectivity index (χ0n) is 13.2. The van der Waals surface area contributed by atoms with Crippen LogP contribution in [0, 0.1) is 6.92 Å². The van der Waals surface area contributed by atoms with E-state index in [1.165, 1.54) is 7.11 Å². The molecule has 0 aliphatic rings. The van der Waals surface area contributed by atoms with Crippen molar-refractivity contribution in [2.45, 2.75) is 19.4 Å². The standard InChI is InChI=1S/C16H18N4O2S/c1-10-14-15(20(2)19-10)18-16(23-14)17-12(9-13(21)22-3)11-7-5-4-6-8-11/h4-8,12H,9H2,1-3H3,(H,17,18). The molecule has 0 spiro atoms. The number of fused-ring (bicyclic) bond motifs is 1. The summed E-state index contributed by atoms with van der Waals surface area (Å²) in [6.45, 7) is 1.97. The summed E-state index contributed by atoms with van der Waals surface area (Å²) in [7, 11) is 3.28. The number of nitrogens with one attached hydrogen (secondary N) is 1. The highest BCUT2D eigenvalue weighted by Gasteiger charge is 2.19. The second-order valence-electron chi connectivity index (χ2n) is 5.27. The maximum Gasteiger partial charge on any atom is 0.307 e. The predicted molar refractivity (Wildman–Crippen MR) is 90.6 cm³/mol. The Morgan fingerprint density at radius 3 is 2.78 bits per heavy atom. The van der Waals surface area contributed by atoms with Crippen molar-refractivity contribution in [3.05, 3.63) is 41.6 Å². The van der Waals surface area contributed by atoms with Gasteiger partial charge in [0.2, 0.25) is 0 Å². The van der Waals surface area contributed by atoms with E-state index in [4.69, 9.17) is 4.74 Å². The zero-order chi connectivity index (χ0) is 16.4. The lowest BCUT2D eigenvalue weighted by Crippen LogP contribution is -2.16. The number of hydrogen-bond donors (Lipinski definition) is 1. The number of methoxy groups -OCH3 is 1. The van der Waals surface area contributed by atoms with Gasteiger partial charge in [-0.05, 0) is 12.5 Å². The van der Waals surface area contributed by atoms with Gasteiger partial charge in [0.25, 0.3) is 0 Å². The van der Waals surface area contributed by atoms with Crippen molar-refractivity contribution in [3.8, 4) is 0 Å². The Hall–Kier alpha value is -2.41. The number of carbonyl (C=O) groups excluding carboxylic acids is 1. The Labute approximate surface area is 138 Å². The Morgan fingerprint density at radius 1 is 1.39 bits per heavy atom. The topological polar surface area (TPSA) is 69.0 Å². The maximum absolute atomic E-state index is 11.7. The molecule has 1 N–H and O–H groups in total. The minimum atomic E-state index is -0.259. The average Bonchev–Trinajstić information content (AvgIpc) is 3.09. The molecule has 23 heavy (non-hydrogen) atoms. The van der Waals surface area contributed by atoms with Crippen LogP contribution in [0.15, 0.2) is 30.3 Å². The van der Waals surface area contributed by atoms with Gasteiger partial charge in [-0.3, -0.25) is 4.79 Å². The van der Waals surface area contributed by atoms with Crippen molar-refractivity contribution in [3.63, 3.8) is 0 Å². The maximum atomic E-state index is 11.7. The van der Waals surface area contributed by atoms with Gasteiger partial charge in [-0.15, -0.1) is 0 Å². The second-order valence-corrected chi connectivity index (χ2v) is 6.27. The van der Waals surface area contributed by atoms with Crippen LogP contribution in [0.25, 0.3) is 10.3 Å². The lowest BCUT2D eigenvalue weighted by molar-refractivity contribution is -0.140. The van der Waals surface area contributed by atoms with Crippen molar-refractivity contribution in [2.24, 2.45) is 7.05 Å². The van der Waals surface area contributed by atoms with Crippen LogP contribution >= 0.6 is 11.3 Å². The summed E-state index contributed by atoms with van der Waals surface area (Å²) < 4.78 is 7.64. The number of aromatic nitrogens is 3. The molecule has 1 unspecified atom stereocenters. The van der Waals surface area contributed by atoms with Gasteiger partial charge in [-0.1, -0.05) is 41.7 Å². The molecule has 0 aliphatic heterocycles. The smallest absolute Gasteiger partial charge is 0.307 e. The molecule has 120 valence electrons. The summed E-state index contributed by atoms with van der Waals surface area (Å²) in [6.07, 6.45) is 0.244. The van der Waals surface area contributed by atoms with Crippen molar-refractivity contribution in [1.29, 1.82) is 0 Å². The van der Waals surface area contributed by atoms with Crippen molar-refractivity contribution in [1.82, 2.24) is 14.8 Å². The third-order valence-corrected chi connectivity index (χ3v) is 4.73. The molecule has 0 aliphatic carbocycles. The third-order valence-electron chi connectivity index (χ3n) is 3.64. The van der Waals surface area contributed by atoms with E-state index in [9.17, 15) is 4.79 Å². The van der Waals surface area contributed by atoms with Gasteiger partial charge in [0.05, 0.1) is 30.0 Å². The fraction of sp³-hybridized carbons (Fsp3) is 0.312. The van der Waals surface area contributed by atoms with E-state index in [-0.39, 0.29) is 18.4 Å². The van der Waals surface area contributed by atoms with Gasteiger partial charge in [0.1, 0.15) is 0 Å². The van der Waals surface area contributed by atoms with E-state index in [0.717, 1.165) is 26.7 Å². The van der Waals surface area contributed by atoms with Crippen molar-refractivity contribution >= 4 is 32.8 Å². The number of esters is 1. The molecule has 0 radical (unpaired) electrons. The molecule has 0 amide bonds.